The molecule has 2 aromatic rings. The van der Waals surface area contributed by atoms with Gasteiger partial charge in [-0.15, -0.1) is 0 Å². The van der Waals surface area contributed by atoms with Gasteiger partial charge in [-0.05, 0) is 18.6 Å². The Balaban J connectivity index is 1.73. The zero-order valence-electron chi connectivity index (χ0n) is 11.0. The fourth-order valence-corrected chi connectivity index (χ4v) is 2.84. The zero-order valence-corrected chi connectivity index (χ0v) is 11.8. The average Bonchev–Trinajstić information content (AvgIpc) is 2.82. The lowest BCUT2D eigenvalue weighted by molar-refractivity contribution is -0.00366. The van der Waals surface area contributed by atoms with Crippen molar-refractivity contribution in [3.63, 3.8) is 0 Å². The smallest absolute Gasteiger partial charge is 0.226 e. The lowest BCUT2D eigenvalue weighted by Crippen LogP contribution is -2.44. The number of aliphatic hydroxyl groups excluding tert-OH is 2. The number of likely N-dealkylation sites (tertiary alicyclic amines) is 1. The standard InChI is InChI=1S/C14H17ClN2O3/c15-11-3-9-4-12(20-14(9)16-5-11)7-17-2-1-13(19)10(6-17)8-18/h3-5,10,13,18-19H,1-2,6-8H2/t10-,13-/m1/s1. The van der Waals surface area contributed by atoms with Gasteiger partial charge in [-0.25, -0.2) is 4.98 Å². The highest BCUT2D eigenvalue weighted by atomic mass is 35.5. The average molecular weight is 297 g/mol. The van der Waals surface area contributed by atoms with Crippen LogP contribution >= 0.6 is 11.6 Å². The van der Waals surface area contributed by atoms with Crippen molar-refractivity contribution in [1.82, 2.24) is 9.88 Å². The number of halogens is 1. The number of nitrogens with zero attached hydrogens (tertiary/aromatic N) is 2. The maximum atomic E-state index is 9.76. The van der Waals surface area contributed by atoms with Crippen molar-refractivity contribution in [2.45, 2.75) is 19.1 Å². The highest BCUT2D eigenvalue weighted by Gasteiger charge is 2.27. The van der Waals surface area contributed by atoms with Crippen LogP contribution in [-0.2, 0) is 6.54 Å². The van der Waals surface area contributed by atoms with Gasteiger partial charge in [0.2, 0.25) is 5.71 Å². The molecule has 6 heteroatoms. The summed E-state index contributed by atoms with van der Waals surface area (Å²) in [5.74, 6) is 0.739. The minimum atomic E-state index is -0.410. The third-order valence-electron chi connectivity index (χ3n) is 3.78. The lowest BCUT2D eigenvalue weighted by atomic mass is 9.95. The van der Waals surface area contributed by atoms with Gasteiger partial charge in [0.15, 0.2) is 0 Å². The number of hydrogen-bond donors (Lipinski definition) is 2. The Bertz CT molecular complexity index is 601. The van der Waals surface area contributed by atoms with Gasteiger partial charge in [-0.1, -0.05) is 11.6 Å². The minimum Gasteiger partial charge on any atom is -0.441 e. The van der Waals surface area contributed by atoms with Crippen LogP contribution in [-0.4, -0.2) is 45.9 Å². The molecule has 0 saturated carbocycles. The van der Waals surface area contributed by atoms with Crippen molar-refractivity contribution in [3.05, 3.63) is 29.1 Å². The summed E-state index contributed by atoms with van der Waals surface area (Å²) in [6.07, 6.45) is 1.83. The minimum absolute atomic E-state index is 0.00889. The Morgan fingerprint density at radius 2 is 2.30 bits per heavy atom. The van der Waals surface area contributed by atoms with E-state index >= 15 is 0 Å². The summed E-state index contributed by atoms with van der Waals surface area (Å²) in [5.41, 5.74) is 0.583. The van der Waals surface area contributed by atoms with E-state index in [0.29, 0.717) is 30.2 Å². The third kappa shape index (κ3) is 2.81. The molecule has 108 valence electrons. The second kappa shape index (κ2) is 5.69. The predicted octanol–water partition coefficient (Wildman–Crippen LogP) is 1.66. The molecule has 3 heterocycles. The Morgan fingerprint density at radius 3 is 3.10 bits per heavy atom. The van der Waals surface area contributed by atoms with Crippen LogP contribution < -0.4 is 0 Å². The highest BCUT2D eigenvalue weighted by Crippen LogP contribution is 2.24. The number of aromatic nitrogens is 1. The molecule has 20 heavy (non-hydrogen) atoms. The fourth-order valence-electron chi connectivity index (χ4n) is 2.67. The number of piperidine rings is 1. The summed E-state index contributed by atoms with van der Waals surface area (Å²) in [5, 5.41) is 20.5. The van der Waals surface area contributed by atoms with E-state index < -0.39 is 6.10 Å². The highest BCUT2D eigenvalue weighted by molar-refractivity contribution is 6.31. The summed E-state index contributed by atoms with van der Waals surface area (Å²) in [6.45, 7) is 2.12. The number of fused-ring (bicyclic) bond motifs is 1. The second-order valence-electron chi connectivity index (χ2n) is 5.29. The van der Waals surface area contributed by atoms with E-state index in [1.165, 1.54) is 0 Å². The van der Waals surface area contributed by atoms with Gasteiger partial charge in [0, 0.05) is 37.2 Å². The second-order valence-corrected chi connectivity index (χ2v) is 5.73. The Morgan fingerprint density at radius 1 is 1.45 bits per heavy atom. The van der Waals surface area contributed by atoms with Crippen LogP contribution in [0.4, 0.5) is 0 Å². The van der Waals surface area contributed by atoms with E-state index in [4.69, 9.17) is 16.0 Å². The van der Waals surface area contributed by atoms with Crippen molar-refractivity contribution in [1.29, 1.82) is 0 Å². The lowest BCUT2D eigenvalue weighted by Gasteiger charge is -2.34. The molecule has 1 saturated heterocycles. The monoisotopic (exact) mass is 296 g/mol. The largest absolute Gasteiger partial charge is 0.441 e. The summed E-state index contributed by atoms with van der Waals surface area (Å²) < 4.78 is 5.69. The molecule has 2 aromatic heterocycles. The molecule has 5 nitrogen and oxygen atoms in total. The van der Waals surface area contributed by atoms with Gasteiger partial charge in [0.25, 0.3) is 0 Å². The molecule has 2 N–H and O–H groups in total. The van der Waals surface area contributed by atoms with Gasteiger partial charge in [0.1, 0.15) is 5.76 Å². The van der Waals surface area contributed by atoms with Gasteiger partial charge >= 0.3 is 0 Å². The van der Waals surface area contributed by atoms with Gasteiger partial charge in [0.05, 0.1) is 17.7 Å². The number of aliphatic hydroxyl groups is 2. The van der Waals surface area contributed by atoms with Crippen molar-refractivity contribution in [3.8, 4) is 0 Å². The van der Waals surface area contributed by atoms with Crippen LogP contribution in [0.2, 0.25) is 5.02 Å². The Kier molecular flexibility index (Phi) is 3.94. The Labute approximate surface area is 121 Å². The molecular weight excluding hydrogens is 280 g/mol. The first kappa shape index (κ1) is 13.8. The maximum absolute atomic E-state index is 9.76. The van der Waals surface area contributed by atoms with Crippen LogP contribution in [0.25, 0.3) is 11.1 Å². The zero-order chi connectivity index (χ0) is 14.1. The van der Waals surface area contributed by atoms with Gasteiger partial charge < -0.3 is 14.6 Å². The predicted molar refractivity (Wildman–Crippen MR) is 75.5 cm³/mol. The van der Waals surface area contributed by atoms with Crippen molar-refractivity contribution >= 4 is 22.7 Å². The van der Waals surface area contributed by atoms with Crippen molar-refractivity contribution in [2.75, 3.05) is 19.7 Å². The van der Waals surface area contributed by atoms with Crippen LogP contribution in [0, 0.1) is 5.92 Å². The molecule has 1 aliphatic rings. The van der Waals surface area contributed by atoms with E-state index in [1.54, 1.807) is 6.20 Å². The molecule has 0 bridgehead atoms. The van der Waals surface area contributed by atoms with E-state index in [-0.39, 0.29) is 12.5 Å². The van der Waals surface area contributed by atoms with Crippen molar-refractivity contribution < 1.29 is 14.6 Å². The summed E-state index contributed by atoms with van der Waals surface area (Å²) >= 11 is 5.90. The molecule has 3 rings (SSSR count). The topological polar surface area (TPSA) is 69.7 Å². The normalized spacial score (nSPS) is 24.4. The molecule has 0 aromatic carbocycles. The van der Waals surface area contributed by atoms with Crippen LogP contribution in [0.15, 0.2) is 22.7 Å². The van der Waals surface area contributed by atoms with E-state index in [1.807, 2.05) is 12.1 Å². The first-order valence-corrected chi connectivity index (χ1v) is 7.09. The fraction of sp³-hybridized carbons (Fsp3) is 0.500. The van der Waals surface area contributed by atoms with Crippen LogP contribution in [0.5, 0.6) is 0 Å². The molecule has 1 fully saturated rings. The quantitative estimate of drug-likeness (QED) is 0.901. The number of pyridine rings is 1. The molecule has 0 amide bonds. The van der Waals surface area contributed by atoms with Crippen LogP contribution in [0.3, 0.4) is 0 Å². The SMILES string of the molecule is OC[C@H]1CN(Cc2cc3cc(Cl)cnc3o2)CC[C@H]1O. The maximum Gasteiger partial charge on any atom is 0.226 e. The molecule has 0 unspecified atom stereocenters. The molecule has 1 aliphatic heterocycles. The third-order valence-corrected chi connectivity index (χ3v) is 3.99. The molecule has 0 aliphatic carbocycles. The van der Waals surface area contributed by atoms with Crippen LogP contribution in [0.1, 0.15) is 12.2 Å². The van der Waals surface area contributed by atoms with E-state index in [0.717, 1.165) is 17.7 Å². The number of hydrogen-bond acceptors (Lipinski definition) is 5. The van der Waals surface area contributed by atoms with Crippen molar-refractivity contribution in [2.24, 2.45) is 5.92 Å². The molecule has 2 atom stereocenters. The number of rotatable bonds is 3. The number of furan rings is 1. The van der Waals surface area contributed by atoms with Gasteiger partial charge in [-0.3, -0.25) is 4.90 Å². The first-order valence-electron chi connectivity index (χ1n) is 6.71. The molecular formula is C14H17ClN2O3. The summed E-state index contributed by atoms with van der Waals surface area (Å²) in [7, 11) is 0. The van der Waals surface area contributed by atoms with E-state index in [9.17, 15) is 10.2 Å². The van der Waals surface area contributed by atoms with E-state index in [2.05, 4.69) is 9.88 Å². The summed E-state index contributed by atoms with van der Waals surface area (Å²) in [6, 6.07) is 3.76. The molecule has 0 spiro atoms. The molecule has 0 radical (unpaired) electrons. The Hall–Kier alpha value is -1.14. The summed E-state index contributed by atoms with van der Waals surface area (Å²) in [4.78, 5) is 6.31. The first-order chi connectivity index (χ1) is 9.65. The van der Waals surface area contributed by atoms with Gasteiger partial charge in [-0.2, -0.15) is 0 Å².